The number of nitrogens with zero attached hydrogens (tertiary/aromatic N) is 2. The molecule has 2 aromatic carbocycles. The maximum atomic E-state index is 8.64. The Labute approximate surface area is 129 Å². The van der Waals surface area contributed by atoms with Gasteiger partial charge in [0.05, 0.1) is 0 Å². The summed E-state index contributed by atoms with van der Waals surface area (Å²) < 4.78 is 0. The van der Waals surface area contributed by atoms with Crippen LogP contribution < -0.4 is 5.73 Å². The molecule has 110 valence electrons. The molecule has 0 aromatic heterocycles. The molecule has 0 saturated heterocycles. The molecule has 0 atom stereocenters. The zero-order valence-electron chi connectivity index (χ0n) is 11.8. The molecule has 21 heavy (non-hydrogen) atoms. The van der Waals surface area contributed by atoms with Crippen molar-refractivity contribution in [1.29, 1.82) is 0 Å². The van der Waals surface area contributed by atoms with Gasteiger partial charge in [0, 0.05) is 23.7 Å². The summed E-state index contributed by atoms with van der Waals surface area (Å²) in [5, 5.41) is 12.4. The van der Waals surface area contributed by atoms with Crippen molar-refractivity contribution in [3.8, 4) is 0 Å². The Morgan fingerprint density at radius 2 is 1.81 bits per heavy atom. The normalized spacial score (nSPS) is 11.9. The molecular weight excluding hydrogens is 286 g/mol. The molecule has 0 spiro atoms. The van der Waals surface area contributed by atoms with E-state index in [0.29, 0.717) is 5.56 Å². The van der Waals surface area contributed by atoms with Gasteiger partial charge >= 0.3 is 0 Å². The van der Waals surface area contributed by atoms with Crippen LogP contribution in [0.3, 0.4) is 0 Å². The lowest BCUT2D eigenvalue weighted by Crippen LogP contribution is -2.18. The Bertz CT molecular complexity index is 626. The zero-order valence-corrected chi connectivity index (χ0v) is 12.6. The molecule has 0 aliphatic rings. The molecule has 2 aromatic rings. The second kappa shape index (κ2) is 7.11. The summed E-state index contributed by atoms with van der Waals surface area (Å²) in [5.41, 5.74) is 8.50. The first-order valence-electron chi connectivity index (χ1n) is 6.59. The number of rotatable bonds is 5. The van der Waals surface area contributed by atoms with E-state index in [2.05, 4.69) is 10.1 Å². The number of nitrogens with two attached hydrogens (primary N) is 1. The molecule has 0 bridgehead atoms. The smallest absolute Gasteiger partial charge is 0.170 e. The van der Waals surface area contributed by atoms with Crippen molar-refractivity contribution in [2.45, 2.75) is 13.1 Å². The maximum absolute atomic E-state index is 8.64. The summed E-state index contributed by atoms with van der Waals surface area (Å²) in [6, 6.07) is 15.5. The number of hydrogen-bond donors (Lipinski definition) is 2. The van der Waals surface area contributed by atoms with Crippen LogP contribution in [0.1, 0.15) is 16.7 Å². The fourth-order valence-corrected chi connectivity index (χ4v) is 2.32. The van der Waals surface area contributed by atoms with E-state index in [9.17, 15) is 0 Å². The number of halogens is 1. The zero-order chi connectivity index (χ0) is 15.2. The van der Waals surface area contributed by atoms with E-state index in [1.165, 1.54) is 0 Å². The maximum Gasteiger partial charge on any atom is 0.170 e. The SMILES string of the molecule is CN(Cc1ccc(C(N)=NO)cc1)Cc1ccccc1Cl. The Balaban J connectivity index is 2.00. The van der Waals surface area contributed by atoms with Gasteiger partial charge in [0.2, 0.25) is 0 Å². The largest absolute Gasteiger partial charge is 0.409 e. The van der Waals surface area contributed by atoms with E-state index in [-0.39, 0.29) is 5.84 Å². The number of benzene rings is 2. The van der Waals surface area contributed by atoms with E-state index in [1.54, 1.807) is 0 Å². The van der Waals surface area contributed by atoms with Gasteiger partial charge < -0.3 is 10.9 Å². The van der Waals surface area contributed by atoms with E-state index in [4.69, 9.17) is 22.5 Å². The number of oxime groups is 1. The summed E-state index contributed by atoms with van der Waals surface area (Å²) in [6.07, 6.45) is 0. The molecule has 0 aliphatic heterocycles. The third-order valence-corrected chi connectivity index (χ3v) is 3.58. The monoisotopic (exact) mass is 303 g/mol. The van der Waals surface area contributed by atoms with Gasteiger partial charge in [-0.25, -0.2) is 0 Å². The number of hydrogen-bond acceptors (Lipinski definition) is 3. The van der Waals surface area contributed by atoms with E-state index < -0.39 is 0 Å². The highest BCUT2D eigenvalue weighted by Crippen LogP contribution is 2.17. The van der Waals surface area contributed by atoms with Crippen molar-refractivity contribution in [3.63, 3.8) is 0 Å². The minimum Gasteiger partial charge on any atom is -0.409 e. The summed E-state index contributed by atoms with van der Waals surface area (Å²) in [7, 11) is 2.04. The first-order valence-corrected chi connectivity index (χ1v) is 6.96. The van der Waals surface area contributed by atoms with Gasteiger partial charge in [-0.2, -0.15) is 0 Å². The molecule has 0 radical (unpaired) electrons. The molecule has 0 amide bonds. The Kier molecular flexibility index (Phi) is 5.20. The van der Waals surface area contributed by atoms with Crippen LogP contribution in [-0.2, 0) is 13.1 Å². The van der Waals surface area contributed by atoms with Crippen molar-refractivity contribution in [2.75, 3.05) is 7.05 Å². The van der Waals surface area contributed by atoms with Crippen LogP contribution in [-0.4, -0.2) is 23.0 Å². The Morgan fingerprint density at radius 3 is 2.43 bits per heavy atom. The van der Waals surface area contributed by atoms with Crippen molar-refractivity contribution < 1.29 is 5.21 Å². The molecule has 0 aliphatic carbocycles. The highest BCUT2D eigenvalue weighted by atomic mass is 35.5. The fraction of sp³-hybridized carbons (Fsp3) is 0.188. The molecule has 0 heterocycles. The van der Waals surface area contributed by atoms with Gasteiger partial charge in [-0.05, 0) is 24.2 Å². The molecule has 0 unspecified atom stereocenters. The molecular formula is C16H18ClN3O. The minimum absolute atomic E-state index is 0.117. The van der Waals surface area contributed by atoms with Crippen LogP contribution in [0.4, 0.5) is 0 Å². The van der Waals surface area contributed by atoms with Crippen LogP contribution in [0.2, 0.25) is 5.02 Å². The lowest BCUT2D eigenvalue weighted by molar-refractivity contribution is 0.318. The third kappa shape index (κ3) is 4.21. The summed E-state index contributed by atoms with van der Waals surface area (Å²) in [5.74, 6) is 0.117. The molecule has 5 heteroatoms. The van der Waals surface area contributed by atoms with Crippen LogP contribution in [0.25, 0.3) is 0 Å². The highest BCUT2D eigenvalue weighted by molar-refractivity contribution is 6.31. The lowest BCUT2D eigenvalue weighted by Gasteiger charge is -2.17. The minimum atomic E-state index is 0.117. The fourth-order valence-electron chi connectivity index (χ4n) is 2.12. The van der Waals surface area contributed by atoms with Crippen LogP contribution in [0.5, 0.6) is 0 Å². The van der Waals surface area contributed by atoms with Crippen LogP contribution >= 0.6 is 11.6 Å². The van der Waals surface area contributed by atoms with Crippen molar-refractivity contribution in [2.24, 2.45) is 10.9 Å². The van der Waals surface area contributed by atoms with Crippen LogP contribution in [0, 0.1) is 0 Å². The van der Waals surface area contributed by atoms with Gasteiger partial charge in [0.25, 0.3) is 0 Å². The van der Waals surface area contributed by atoms with Gasteiger partial charge in [-0.1, -0.05) is 59.2 Å². The lowest BCUT2D eigenvalue weighted by atomic mass is 10.1. The Morgan fingerprint density at radius 1 is 1.14 bits per heavy atom. The van der Waals surface area contributed by atoms with E-state index in [1.807, 2.05) is 55.6 Å². The van der Waals surface area contributed by atoms with Gasteiger partial charge in [-0.3, -0.25) is 4.90 Å². The summed E-state index contributed by atoms with van der Waals surface area (Å²) in [6.45, 7) is 1.57. The van der Waals surface area contributed by atoms with Gasteiger partial charge in [-0.15, -0.1) is 0 Å². The van der Waals surface area contributed by atoms with E-state index >= 15 is 0 Å². The summed E-state index contributed by atoms with van der Waals surface area (Å²) in [4.78, 5) is 2.18. The quantitative estimate of drug-likeness (QED) is 0.386. The molecule has 0 saturated carbocycles. The van der Waals surface area contributed by atoms with Crippen molar-refractivity contribution in [3.05, 3.63) is 70.2 Å². The number of amidine groups is 1. The average molecular weight is 304 g/mol. The molecule has 2 rings (SSSR count). The summed E-state index contributed by atoms with van der Waals surface area (Å²) >= 11 is 6.17. The Hall–Kier alpha value is -2.04. The third-order valence-electron chi connectivity index (χ3n) is 3.21. The van der Waals surface area contributed by atoms with E-state index in [0.717, 1.165) is 29.2 Å². The first kappa shape index (κ1) is 15.4. The van der Waals surface area contributed by atoms with Gasteiger partial charge in [0.15, 0.2) is 5.84 Å². The van der Waals surface area contributed by atoms with Crippen molar-refractivity contribution >= 4 is 17.4 Å². The predicted molar refractivity (Wildman–Crippen MR) is 85.6 cm³/mol. The topological polar surface area (TPSA) is 61.8 Å². The standard InChI is InChI=1S/C16H18ClN3O/c1-20(11-14-4-2-3-5-15(14)17)10-12-6-8-13(9-7-12)16(18)19-21/h2-9,21H,10-11H2,1H3,(H2,18,19). The second-order valence-corrected chi connectivity index (χ2v) is 5.35. The molecule has 3 N–H and O–H groups in total. The van der Waals surface area contributed by atoms with Gasteiger partial charge in [0.1, 0.15) is 0 Å². The van der Waals surface area contributed by atoms with Crippen molar-refractivity contribution in [1.82, 2.24) is 4.90 Å². The highest BCUT2D eigenvalue weighted by Gasteiger charge is 2.05. The molecule has 4 nitrogen and oxygen atoms in total. The van der Waals surface area contributed by atoms with Crippen LogP contribution in [0.15, 0.2) is 53.7 Å². The predicted octanol–water partition coefficient (Wildman–Crippen LogP) is 3.07. The first-order chi connectivity index (χ1) is 10.1. The average Bonchev–Trinajstić information content (AvgIpc) is 2.49. The second-order valence-electron chi connectivity index (χ2n) is 4.95. The molecule has 0 fully saturated rings.